The summed E-state index contributed by atoms with van der Waals surface area (Å²) in [6.45, 7) is 17.1. The zero-order chi connectivity index (χ0) is 20.4. The van der Waals surface area contributed by atoms with Crippen molar-refractivity contribution in [3.05, 3.63) is 0 Å². The fraction of sp³-hybridized carbons (Fsp3) is 0.833. The Bertz CT molecular complexity index is 482. The van der Waals surface area contributed by atoms with Gasteiger partial charge < -0.3 is 26.0 Å². The second-order valence-corrected chi connectivity index (χ2v) is 8.08. The van der Waals surface area contributed by atoms with Gasteiger partial charge in [0.25, 0.3) is 0 Å². The Kier molecular flexibility index (Phi) is 10.0. The lowest BCUT2D eigenvalue weighted by Crippen LogP contribution is -2.49. The number of amides is 2. The molecule has 0 aliphatic carbocycles. The maximum absolute atomic E-state index is 11.9. The first-order chi connectivity index (χ1) is 11.9. The van der Waals surface area contributed by atoms with Crippen molar-refractivity contribution in [2.24, 2.45) is 10.9 Å². The van der Waals surface area contributed by atoms with Crippen molar-refractivity contribution in [3.8, 4) is 0 Å². The molecule has 0 bridgehead atoms. The molecule has 0 rings (SSSR count). The van der Waals surface area contributed by atoms with Crippen LogP contribution >= 0.6 is 0 Å². The highest BCUT2D eigenvalue weighted by molar-refractivity contribution is 5.80. The van der Waals surface area contributed by atoms with Crippen LogP contribution in [0.25, 0.3) is 0 Å². The number of hydrogen-bond donors (Lipinski definition) is 4. The maximum atomic E-state index is 11.9. The molecule has 0 spiro atoms. The lowest BCUT2D eigenvalue weighted by atomic mass is 10.1. The van der Waals surface area contributed by atoms with Crippen molar-refractivity contribution >= 4 is 18.0 Å². The van der Waals surface area contributed by atoms with E-state index in [1.54, 1.807) is 0 Å². The van der Waals surface area contributed by atoms with Crippen molar-refractivity contribution in [1.29, 1.82) is 0 Å². The van der Waals surface area contributed by atoms with Crippen LogP contribution in [0.2, 0.25) is 0 Å². The van der Waals surface area contributed by atoms with Crippen LogP contribution in [0.4, 0.5) is 4.79 Å². The van der Waals surface area contributed by atoms with Gasteiger partial charge in [-0.25, -0.2) is 4.79 Å². The number of nitrogens with one attached hydrogen (secondary N) is 4. The van der Waals surface area contributed by atoms with Crippen LogP contribution in [0.15, 0.2) is 4.99 Å². The average Bonchev–Trinajstić information content (AvgIpc) is 2.45. The Balaban J connectivity index is 4.52. The molecular weight excluding hydrogens is 334 g/mol. The summed E-state index contributed by atoms with van der Waals surface area (Å²) in [5, 5.41) is 12.0. The summed E-state index contributed by atoms with van der Waals surface area (Å²) in [5.74, 6) is 0.624. The molecule has 0 atom stereocenters. The third kappa shape index (κ3) is 12.4. The van der Waals surface area contributed by atoms with E-state index in [2.05, 4.69) is 26.3 Å². The number of ether oxygens (including phenoxy) is 1. The van der Waals surface area contributed by atoms with E-state index in [9.17, 15) is 9.59 Å². The largest absolute Gasteiger partial charge is 0.444 e. The minimum Gasteiger partial charge on any atom is -0.444 e. The molecule has 0 unspecified atom stereocenters. The highest BCUT2D eigenvalue weighted by Gasteiger charge is 2.24. The summed E-state index contributed by atoms with van der Waals surface area (Å²) in [5.41, 5.74) is -1.10. The fourth-order valence-electron chi connectivity index (χ4n) is 1.81. The minimum atomic E-state index is -0.559. The molecule has 2 amide bonds. The van der Waals surface area contributed by atoms with Crippen LogP contribution < -0.4 is 21.3 Å². The molecule has 0 heterocycles. The van der Waals surface area contributed by atoms with E-state index < -0.39 is 17.2 Å². The van der Waals surface area contributed by atoms with Crippen molar-refractivity contribution in [2.45, 2.75) is 66.5 Å². The SMILES string of the molecule is CCNC(=NCC(C)(C)NC(=O)OC(C)(C)C)NCCNC(=O)C(C)C. The van der Waals surface area contributed by atoms with Gasteiger partial charge in [-0.05, 0) is 41.5 Å². The molecule has 0 aliphatic rings. The highest BCUT2D eigenvalue weighted by Crippen LogP contribution is 2.09. The van der Waals surface area contributed by atoms with Gasteiger partial charge in [-0.1, -0.05) is 13.8 Å². The molecule has 0 fully saturated rings. The summed E-state index contributed by atoms with van der Waals surface area (Å²) < 4.78 is 5.28. The van der Waals surface area contributed by atoms with Gasteiger partial charge in [0.1, 0.15) is 5.60 Å². The molecule has 0 aliphatic heterocycles. The summed E-state index contributed by atoms with van der Waals surface area (Å²) in [7, 11) is 0. The van der Waals surface area contributed by atoms with Crippen LogP contribution in [-0.4, -0.2) is 55.3 Å². The summed E-state index contributed by atoms with van der Waals surface area (Å²) in [4.78, 5) is 28.0. The first-order valence-electron chi connectivity index (χ1n) is 9.17. The zero-order valence-electron chi connectivity index (χ0n) is 17.6. The van der Waals surface area contributed by atoms with Crippen LogP contribution in [-0.2, 0) is 9.53 Å². The van der Waals surface area contributed by atoms with E-state index in [1.165, 1.54) is 0 Å². The van der Waals surface area contributed by atoms with Gasteiger partial charge >= 0.3 is 6.09 Å². The fourth-order valence-corrected chi connectivity index (χ4v) is 1.81. The predicted molar refractivity (Wildman–Crippen MR) is 105 cm³/mol. The van der Waals surface area contributed by atoms with Crippen molar-refractivity contribution in [1.82, 2.24) is 21.3 Å². The maximum Gasteiger partial charge on any atom is 0.408 e. The first-order valence-corrected chi connectivity index (χ1v) is 9.17. The van der Waals surface area contributed by atoms with Gasteiger partial charge in [-0.2, -0.15) is 0 Å². The molecule has 0 aromatic rings. The lowest BCUT2D eigenvalue weighted by Gasteiger charge is -2.27. The molecule has 26 heavy (non-hydrogen) atoms. The van der Waals surface area contributed by atoms with E-state index in [0.717, 1.165) is 0 Å². The molecule has 4 N–H and O–H groups in total. The summed E-state index contributed by atoms with van der Waals surface area (Å²) in [6, 6.07) is 0. The Hall–Kier alpha value is -1.99. The zero-order valence-corrected chi connectivity index (χ0v) is 17.6. The van der Waals surface area contributed by atoms with Gasteiger partial charge in [0.2, 0.25) is 5.91 Å². The van der Waals surface area contributed by atoms with Crippen molar-refractivity contribution < 1.29 is 14.3 Å². The normalized spacial score (nSPS) is 12.6. The molecule has 0 aromatic carbocycles. The number of hydrogen-bond acceptors (Lipinski definition) is 4. The number of nitrogens with zero attached hydrogens (tertiary/aromatic N) is 1. The van der Waals surface area contributed by atoms with Gasteiger partial charge in [0.15, 0.2) is 5.96 Å². The molecule has 8 nitrogen and oxygen atoms in total. The van der Waals surface area contributed by atoms with Gasteiger partial charge in [-0.15, -0.1) is 0 Å². The average molecular weight is 372 g/mol. The Morgan fingerprint density at radius 2 is 1.58 bits per heavy atom. The molecule has 0 saturated carbocycles. The van der Waals surface area contributed by atoms with Crippen LogP contribution in [0.1, 0.15) is 55.4 Å². The Morgan fingerprint density at radius 1 is 1.00 bits per heavy atom. The number of alkyl carbamates (subject to hydrolysis) is 1. The number of carbonyl (C=O) groups excluding carboxylic acids is 2. The minimum absolute atomic E-state index is 0.0245. The lowest BCUT2D eigenvalue weighted by molar-refractivity contribution is -0.123. The smallest absolute Gasteiger partial charge is 0.408 e. The van der Waals surface area contributed by atoms with Gasteiger partial charge in [-0.3, -0.25) is 9.79 Å². The standard InChI is InChI=1S/C18H37N5O3/c1-9-19-15(21-11-10-20-14(24)13(2)3)22-12-18(7,8)23-16(25)26-17(4,5)6/h13H,9-12H2,1-8H3,(H,20,24)(H,23,25)(H2,19,21,22). The van der Waals surface area contributed by atoms with Crippen molar-refractivity contribution in [2.75, 3.05) is 26.2 Å². The molecule has 152 valence electrons. The second-order valence-electron chi connectivity index (χ2n) is 8.08. The van der Waals surface area contributed by atoms with E-state index in [-0.39, 0.29) is 11.8 Å². The van der Waals surface area contributed by atoms with Crippen LogP contribution in [0.3, 0.4) is 0 Å². The van der Waals surface area contributed by atoms with E-state index in [4.69, 9.17) is 4.74 Å². The predicted octanol–water partition coefficient (Wildman–Crippen LogP) is 1.62. The summed E-state index contributed by atoms with van der Waals surface area (Å²) in [6.07, 6.45) is -0.466. The molecular formula is C18H37N5O3. The Labute approximate surface area is 157 Å². The van der Waals surface area contributed by atoms with Crippen LogP contribution in [0.5, 0.6) is 0 Å². The number of guanidine groups is 1. The van der Waals surface area contributed by atoms with Gasteiger partial charge in [0.05, 0.1) is 12.1 Å². The molecule has 0 saturated heterocycles. The number of carbonyl (C=O) groups is 2. The monoisotopic (exact) mass is 371 g/mol. The van der Waals surface area contributed by atoms with Crippen molar-refractivity contribution in [3.63, 3.8) is 0 Å². The quantitative estimate of drug-likeness (QED) is 0.295. The molecule has 0 aromatic heterocycles. The topological polar surface area (TPSA) is 104 Å². The number of rotatable bonds is 8. The third-order valence-corrected chi connectivity index (χ3v) is 3.06. The Morgan fingerprint density at radius 3 is 2.08 bits per heavy atom. The van der Waals surface area contributed by atoms with E-state index in [1.807, 2.05) is 55.4 Å². The van der Waals surface area contributed by atoms with Crippen LogP contribution in [0, 0.1) is 5.92 Å². The van der Waals surface area contributed by atoms with Gasteiger partial charge in [0, 0.05) is 25.6 Å². The second kappa shape index (κ2) is 10.9. The molecule has 0 radical (unpaired) electrons. The van der Waals surface area contributed by atoms with E-state index >= 15 is 0 Å². The summed E-state index contributed by atoms with van der Waals surface area (Å²) >= 11 is 0. The number of aliphatic imine (C=N–C) groups is 1. The molecule has 8 heteroatoms. The van der Waals surface area contributed by atoms with E-state index in [0.29, 0.717) is 32.1 Å². The highest BCUT2D eigenvalue weighted by atomic mass is 16.6. The first kappa shape index (κ1) is 24.0. The third-order valence-electron chi connectivity index (χ3n) is 3.06.